The Morgan fingerprint density at radius 1 is 0.400 bits per heavy atom. The van der Waals surface area contributed by atoms with E-state index in [-0.39, 0.29) is 0 Å². The number of hydrogen-bond acceptors (Lipinski definition) is 2. The van der Waals surface area contributed by atoms with Gasteiger partial charge in [-0.05, 0) is 116 Å². The number of fused-ring (bicyclic) bond motifs is 10. The van der Waals surface area contributed by atoms with Gasteiger partial charge in [-0.15, -0.1) is 0 Å². The molecule has 0 heterocycles. The third kappa shape index (κ3) is 6.23. The number of hydrogen-bond donors (Lipinski definition) is 1. The second kappa shape index (κ2) is 14.9. The van der Waals surface area contributed by atoms with Gasteiger partial charge in [-0.1, -0.05) is 200 Å². The van der Waals surface area contributed by atoms with Gasteiger partial charge in [0, 0.05) is 11.8 Å². The molecule has 0 aliphatic heterocycles. The van der Waals surface area contributed by atoms with Crippen molar-refractivity contribution in [1.29, 1.82) is 0 Å². The van der Waals surface area contributed by atoms with Gasteiger partial charge in [0.2, 0.25) is 0 Å². The summed E-state index contributed by atoms with van der Waals surface area (Å²) in [5.74, 6) is 0. The van der Waals surface area contributed by atoms with Crippen LogP contribution in [0.3, 0.4) is 0 Å². The predicted octanol–water partition coefficient (Wildman–Crippen LogP) is 15.1. The van der Waals surface area contributed by atoms with Crippen LogP contribution in [0.1, 0.15) is 22.7 Å². The van der Waals surface area contributed by atoms with Gasteiger partial charge in [-0.2, -0.15) is 0 Å². The van der Waals surface area contributed by atoms with Crippen LogP contribution in [0.25, 0.3) is 92.6 Å². The maximum Gasteiger partial charge on any atom is 0.0681 e. The summed E-state index contributed by atoms with van der Waals surface area (Å²) in [5, 5.41) is 14.9. The molecule has 2 N–H and O–H groups in total. The number of nitrogens with two attached hydrogens (primary N) is 1. The summed E-state index contributed by atoms with van der Waals surface area (Å²) in [6, 6.07) is 75.7. The highest BCUT2D eigenvalue weighted by Crippen LogP contribution is 2.40. The minimum Gasteiger partial charge on any atom is -0.321 e. The van der Waals surface area contributed by atoms with Crippen molar-refractivity contribution in [2.45, 2.75) is 6.04 Å². The normalized spacial score (nSPS) is 12.7. The van der Waals surface area contributed by atoms with Gasteiger partial charge in [-0.25, -0.2) is 0 Å². The van der Waals surface area contributed by atoms with Gasteiger partial charge in [0.1, 0.15) is 0 Å². The van der Waals surface area contributed by atoms with Crippen molar-refractivity contribution >= 4 is 76.5 Å². The molecule has 0 fully saturated rings. The molecule has 2 heteroatoms. The molecule has 11 rings (SSSR count). The van der Waals surface area contributed by atoms with E-state index >= 15 is 0 Å². The molecule has 11 aromatic rings. The maximum atomic E-state index is 7.18. The highest BCUT2D eigenvalue weighted by molar-refractivity contribution is 6.25. The Morgan fingerprint density at radius 2 is 0.950 bits per heavy atom. The summed E-state index contributed by atoms with van der Waals surface area (Å²) in [6.45, 7) is 0. The third-order valence-electron chi connectivity index (χ3n) is 12.1. The lowest BCUT2D eigenvalue weighted by atomic mass is 9.89. The van der Waals surface area contributed by atoms with Crippen molar-refractivity contribution < 1.29 is 0 Å². The Labute approximate surface area is 349 Å². The predicted molar refractivity (Wildman–Crippen MR) is 258 cm³/mol. The molecule has 0 aromatic heterocycles. The first-order chi connectivity index (χ1) is 29.7. The van der Waals surface area contributed by atoms with Gasteiger partial charge in [-0.3, -0.25) is 4.99 Å². The molecule has 0 amide bonds. The van der Waals surface area contributed by atoms with Gasteiger partial charge in [0.15, 0.2) is 0 Å². The highest BCUT2D eigenvalue weighted by atomic mass is 14.7. The van der Waals surface area contributed by atoms with E-state index in [1.165, 1.54) is 75.8 Å². The average molecular weight is 765 g/mol. The van der Waals surface area contributed by atoms with Crippen molar-refractivity contribution in [3.8, 4) is 22.3 Å². The van der Waals surface area contributed by atoms with Crippen LogP contribution in [0.2, 0.25) is 0 Å². The Kier molecular flexibility index (Phi) is 8.84. The number of rotatable bonds is 7. The van der Waals surface area contributed by atoms with Crippen molar-refractivity contribution in [3.05, 3.63) is 235 Å². The Bertz CT molecular complexity index is 3450. The smallest absolute Gasteiger partial charge is 0.0681 e. The van der Waals surface area contributed by atoms with Crippen LogP contribution in [-0.4, -0.2) is 6.21 Å². The molecular formula is C58H40N2. The minimum absolute atomic E-state index is 0.407. The van der Waals surface area contributed by atoms with E-state index in [1.54, 1.807) is 0 Å². The number of aliphatic imine (C=N–C) groups is 1. The monoisotopic (exact) mass is 764 g/mol. The molecule has 11 aromatic carbocycles. The zero-order chi connectivity index (χ0) is 40.0. The first-order valence-electron chi connectivity index (χ1n) is 20.6. The largest absolute Gasteiger partial charge is 0.321 e. The number of nitrogens with zero attached hydrogens (tertiary/aromatic N) is 1. The van der Waals surface area contributed by atoms with Crippen LogP contribution in [-0.2, 0) is 0 Å². The fourth-order valence-corrected chi connectivity index (χ4v) is 9.22. The van der Waals surface area contributed by atoms with E-state index in [2.05, 4.69) is 212 Å². The zero-order valence-corrected chi connectivity index (χ0v) is 33.0. The fourth-order valence-electron chi connectivity index (χ4n) is 9.22. The molecule has 0 spiro atoms. The summed E-state index contributed by atoms with van der Waals surface area (Å²) in [5.41, 5.74) is 15.7. The van der Waals surface area contributed by atoms with Crippen LogP contribution < -0.4 is 5.73 Å². The first-order valence-corrected chi connectivity index (χ1v) is 20.6. The molecule has 1 atom stereocenters. The van der Waals surface area contributed by atoms with Gasteiger partial charge < -0.3 is 5.73 Å². The van der Waals surface area contributed by atoms with E-state index in [4.69, 9.17) is 10.7 Å². The van der Waals surface area contributed by atoms with Crippen LogP contribution in [0.5, 0.6) is 0 Å². The lowest BCUT2D eigenvalue weighted by Crippen LogP contribution is -2.09. The molecule has 0 radical (unpaired) electrons. The minimum atomic E-state index is -0.407. The van der Waals surface area contributed by atoms with Gasteiger partial charge >= 0.3 is 0 Å². The summed E-state index contributed by atoms with van der Waals surface area (Å²) in [4.78, 5) is 5.27. The molecule has 0 saturated carbocycles. The van der Waals surface area contributed by atoms with Crippen molar-refractivity contribution in [1.82, 2.24) is 0 Å². The van der Waals surface area contributed by atoms with Crippen molar-refractivity contribution in [3.63, 3.8) is 0 Å². The van der Waals surface area contributed by atoms with E-state index in [0.717, 1.165) is 33.5 Å². The van der Waals surface area contributed by atoms with Gasteiger partial charge in [0.25, 0.3) is 0 Å². The van der Waals surface area contributed by atoms with Crippen LogP contribution >= 0.6 is 0 Å². The highest BCUT2D eigenvalue weighted by Gasteiger charge is 2.16. The fraction of sp³-hybridized carbons (Fsp3) is 0.0172. The molecule has 0 bridgehead atoms. The summed E-state index contributed by atoms with van der Waals surface area (Å²) < 4.78 is 0. The van der Waals surface area contributed by atoms with Crippen LogP contribution in [0.15, 0.2) is 223 Å². The zero-order valence-electron chi connectivity index (χ0n) is 33.0. The van der Waals surface area contributed by atoms with Crippen LogP contribution in [0, 0.1) is 0 Å². The first kappa shape index (κ1) is 35.5. The topological polar surface area (TPSA) is 38.4 Å². The molecular weight excluding hydrogens is 725 g/mol. The molecule has 0 aliphatic carbocycles. The van der Waals surface area contributed by atoms with E-state index in [0.29, 0.717) is 0 Å². The summed E-state index contributed by atoms with van der Waals surface area (Å²) >= 11 is 0. The van der Waals surface area contributed by atoms with E-state index in [1.807, 2.05) is 12.3 Å². The quantitative estimate of drug-likeness (QED) is 0.0980. The Balaban J connectivity index is 1.04. The van der Waals surface area contributed by atoms with Crippen molar-refractivity contribution in [2.75, 3.05) is 0 Å². The second-order valence-corrected chi connectivity index (χ2v) is 15.6. The third-order valence-corrected chi connectivity index (χ3v) is 12.1. The molecule has 282 valence electrons. The van der Waals surface area contributed by atoms with E-state index < -0.39 is 6.04 Å². The van der Waals surface area contributed by atoms with Crippen molar-refractivity contribution in [2.24, 2.45) is 10.7 Å². The van der Waals surface area contributed by atoms with Crippen LogP contribution in [0.4, 0.5) is 0 Å². The standard InChI is InChI=1S/C58H40N2/c59-56(52-25-13-8-18-44(52)39-14-2-1-3-15-39)36-57(43-31-32-51-49-23-10-9-21-47(49)48-22-11-12-24-50(48)55(51)35-43)60-37-38-26-28-41(29-27-38)58-46-20-7-5-17-42(46)34-54-45-19-6-4-16-40(45)30-33-53(54)58/h1-37,56H,59H2/b57-36-,60-37+. The summed E-state index contributed by atoms with van der Waals surface area (Å²) in [7, 11) is 0. The molecule has 1 unspecified atom stereocenters. The summed E-state index contributed by atoms with van der Waals surface area (Å²) in [6.07, 6.45) is 4.09. The second-order valence-electron chi connectivity index (χ2n) is 15.6. The molecule has 0 aliphatic rings. The number of benzene rings is 11. The lowest BCUT2D eigenvalue weighted by Gasteiger charge is -2.16. The molecule has 2 nitrogen and oxygen atoms in total. The maximum absolute atomic E-state index is 7.18. The molecule has 60 heavy (non-hydrogen) atoms. The average Bonchev–Trinajstić information content (AvgIpc) is 3.32. The molecule has 0 saturated heterocycles. The Hall–Kier alpha value is -7.65. The SMILES string of the molecule is NC(/C=C(\N=C\c1ccc(-c2c3ccccc3cc3c2ccc2ccccc23)cc1)c1ccc2c3ccccc3c3ccccc3c2c1)c1ccccc1-c1ccccc1. The van der Waals surface area contributed by atoms with E-state index in [9.17, 15) is 0 Å². The Morgan fingerprint density at radius 3 is 1.68 bits per heavy atom. The van der Waals surface area contributed by atoms with Gasteiger partial charge in [0.05, 0.1) is 11.7 Å². The lowest BCUT2D eigenvalue weighted by molar-refractivity contribution is 0.914.